The highest BCUT2D eigenvalue weighted by atomic mass is 32.2. The third-order valence-electron chi connectivity index (χ3n) is 4.46. The van der Waals surface area contributed by atoms with Gasteiger partial charge in [0.15, 0.2) is 0 Å². The molecule has 0 amide bonds. The van der Waals surface area contributed by atoms with Crippen LogP contribution in [0.3, 0.4) is 0 Å². The van der Waals surface area contributed by atoms with Crippen LogP contribution in [0.1, 0.15) is 0 Å². The molecule has 30 heavy (non-hydrogen) atoms. The molecular weight excluding hydrogens is 404 g/mol. The molecule has 2 aromatic carbocycles. The predicted molar refractivity (Wildman–Crippen MR) is 121 cm³/mol. The van der Waals surface area contributed by atoms with Crippen molar-refractivity contribution in [3.63, 3.8) is 0 Å². The summed E-state index contributed by atoms with van der Waals surface area (Å²) in [5, 5.41) is 6.25. The van der Waals surface area contributed by atoms with Gasteiger partial charge in [0.05, 0.1) is 13.4 Å². The topological polar surface area (TPSA) is 101 Å². The lowest BCUT2D eigenvalue weighted by atomic mass is 10.0. The van der Waals surface area contributed by atoms with Gasteiger partial charge in [-0.05, 0) is 48.5 Å². The van der Waals surface area contributed by atoms with Crippen molar-refractivity contribution in [2.24, 2.45) is 7.05 Å². The number of hydrogen-bond donors (Lipinski definition) is 3. The molecule has 0 radical (unpaired) electrons. The van der Waals surface area contributed by atoms with E-state index in [-0.39, 0.29) is 5.56 Å². The zero-order chi connectivity index (χ0) is 21.9. The molecule has 0 spiro atoms. The van der Waals surface area contributed by atoms with Crippen LogP contribution in [0.25, 0.3) is 11.1 Å². The minimum atomic E-state index is -3.44. The second kappa shape index (κ2) is 8.50. The Morgan fingerprint density at radius 3 is 2.23 bits per heavy atom. The average Bonchev–Trinajstić information content (AvgIpc) is 2.70. The maximum atomic E-state index is 12.3. The third kappa shape index (κ3) is 4.93. The maximum absolute atomic E-state index is 12.3. The summed E-state index contributed by atoms with van der Waals surface area (Å²) in [6, 6.07) is 14.4. The van der Waals surface area contributed by atoms with Crippen LogP contribution >= 0.6 is 0 Å². The minimum absolute atomic E-state index is 0.156. The predicted octanol–water partition coefficient (Wildman–Crippen LogP) is 3.22. The Kier molecular flexibility index (Phi) is 6.02. The summed E-state index contributed by atoms with van der Waals surface area (Å²) in [6.45, 7) is 0. The molecule has 0 fully saturated rings. The van der Waals surface area contributed by atoms with Crippen LogP contribution in [0.5, 0.6) is 5.75 Å². The molecule has 3 N–H and O–H groups in total. The lowest BCUT2D eigenvalue weighted by Crippen LogP contribution is -2.19. The molecule has 0 saturated carbocycles. The average molecular weight is 429 g/mol. The van der Waals surface area contributed by atoms with E-state index in [2.05, 4.69) is 15.4 Å². The van der Waals surface area contributed by atoms with Crippen molar-refractivity contribution in [1.29, 1.82) is 0 Å². The van der Waals surface area contributed by atoms with E-state index in [1.807, 2.05) is 24.3 Å². The summed E-state index contributed by atoms with van der Waals surface area (Å²) in [4.78, 5) is 12.3. The third-order valence-corrected chi connectivity index (χ3v) is 5.06. The standard InChI is InChI=1S/C21H24N4O4S/c1-22-20-11-14(13-25(2)21(20)26)18-12-16(24-30(4,27)28)7-10-19(18)23-15-5-8-17(29-3)9-6-15/h5-13,22-24H,1-4H3. The largest absolute Gasteiger partial charge is 0.497 e. The first-order chi connectivity index (χ1) is 14.2. The number of benzene rings is 2. The molecule has 3 aromatic rings. The molecule has 1 aromatic heterocycles. The van der Waals surface area contributed by atoms with E-state index in [4.69, 9.17) is 4.74 Å². The molecule has 8 nitrogen and oxygen atoms in total. The molecule has 3 rings (SSSR count). The Hall–Kier alpha value is -3.46. The van der Waals surface area contributed by atoms with Crippen molar-refractivity contribution in [3.05, 3.63) is 65.1 Å². The fourth-order valence-corrected chi connectivity index (χ4v) is 3.59. The van der Waals surface area contributed by atoms with Crippen molar-refractivity contribution in [1.82, 2.24) is 4.57 Å². The number of rotatable bonds is 7. The van der Waals surface area contributed by atoms with Gasteiger partial charge in [0.1, 0.15) is 11.4 Å². The van der Waals surface area contributed by atoms with Gasteiger partial charge in [-0.25, -0.2) is 8.42 Å². The molecule has 0 saturated heterocycles. The van der Waals surface area contributed by atoms with E-state index in [0.29, 0.717) is 11.4 Å². The molecule has 0 aliphatic rings. The molecule has 1 heterocycles. The Morgan fingerprint density at radius 1 is 0.967 bits per heavy atom. The number of hydrogen-bond acceptors (Lipinski definition) is 6. The Bertz CT molecular complexity index is 1220. The van der Waals surface area contributed by atoms with Crippen LogP contribution in [0, 0.1) is 0 Å². The highest BCUT2D eigenvalue weighted by Gasteiger charge is 2.13. The summed E-state index contributed by atoms with van der Waals surface area (Å²) in [5.74, 6) is 0.741. The van der Waals surface area contributed by atoms with E-state index in [0.717, 1.165) is 34.5 Å². The molecule has 0 bridgehead atoms. The van der Waals surface area contributed by atoms with Crippen molar-refractivity contribution < 1.29 is 13.2 Å². The number of aromatic nitrogens is 1. The van der Waals surface area contributed by atoms with Gasteiger partial charge in [0, 0.05) is 48.5 Å². The molecule has 0 atom stereocenters. The number of sulfonamides is 1. The maximum Gasteiger partial charge on any atom is 0.273 e. The first-order valence-corrected chi connectivity index (χ1v) is 11.0. The van der Waals surface area contributed by atoms with Crippen LogP contribution < -0.4 is 25.7 Å². The van der Waals surface area contributed by atoms with Crippen molar-refractivity contribution in [2.75, 3.05) is 35.8 Å². The number of nitrogens with zero attached hydrogens (tertiary/aromatic N) is 1. The number of nitrogens with one attached hydrogen (secondary N) is 3. The van der Waals surface area contributed by atoms with E-state index in [1.165, 1.54) is 4.57 Å². The van der Waals surface area contributed by atoms with Crippen molar-refractivity contribution in [3.8, 4) is 16.9 Å². The van der Waals surface area contributed by atoms with E-state index in [1.54, 1.807) is 51.7 Å². The second-order valence-electron chi connectivity index (χ2n) is 6.80. The van der Waals surface area contributed by atoms with Crippen LogP contribution in [0.15, 0.2) is 59.5 Å². The number of methoxy groups -OCH3 is 1. The van der Waals surface area contributed by atoms with Gasteiger partial charge < -0.3 is 19.9 Å². The summed E-state index contributed by atoms with van der Waals surface area (Å²) in [7, 11) is 1.52. The smallest absolute Gasteiger partial charge is 0.273 e. The van der Waals surface area contributed by atoms with Gasteiger partial charge >= 0.3 is 0 Å². The van der Waals surface area contributed by atoms with Gasteiger partial charge in [0.2, 0.25) is 10.0 Å². The van der Waals surface area contributed by atoms with Crippen LogP contribution in [0.4, 0.5) is 22.7 Å². The Balaban J connectivity index is 2.12. The normalized spacial score (nSPS) is 11.1. The van der Waals surface area contributed by atoms with Gasteiger partial charge in [0.25, 0.3) is 5.56 Å². The van der Waals surface area contributed by atoms with Gasteiger partial charge in [-0.15, -0.1) is 0 Å². The SMILES string of the molecule is CNc1cc(-c2cc(NS(C)(=O)=O)ccc2Nc2ccc(OC)cc2)cn(C)c1=O. The quantitative estimate of drug-likeness (QED) is 0.534. The minimum Gasteiger partial charge on any atom is -0.497 e. The summed E-state index contributed by atoms with van der Waals surface area (Å²) in [6.07, 6.45) is 2.81. The van der Waals surface area contributed by atoms with Crippen LogP contribution in [0.2, 0.25) is 0 Å². The fraction of sp³-hybridized carbons (Fsp3) is 0.190. The van der Waals surface area contributed by atoms with Gasteiger partial charge in [-0.1, -0.05) is 0 Å². The van der Waals surface area contributed by atoms with Crippen LogP contribution in [-0.4, -0.2) is 33.4 Å². The summed E-state index contributed by atoms with van der Waals surface area (Å²) in [5.41, 5.74) is 3.76. The van der Waals surface area contributed by atoms with E-state index < -0.39 is 10.0 Å². The first kappa shape index (κ1) is 21.3. The molecule has 0 aliphatic carbocycles. The Labute approximate surface area is 175 Å². The summed E-state index contributed by atoms with van der Waals surface area (Å²) >= 11 is 0. The number of aryl methyl sites for hydroxylation is 1. The molecular formula is C21H24N4O4S. The first-order valence-electron chi connectivity index (χ1n) is 9.12. The monoisotopic (exact) mass is 428 g/mol. The highest BCUT2D eigenvalue weighted by molar-refractivity contribution is 7.92. The van der Waals surface area contributed by atoms with Gasteiger partial charge in [-0.2, -0.15) is 0 Å². The number of anilines is 4. The number of ether oxygens (including phenoxy) is 1. The van der Waals surface area contributed by atoms with E-state index in [9.17, 15) is 13.2 Å². The fourth-order valence-electron chi connectivity index (χ4n) is 3.04. The molecule has 158 valence electrons. The van der Waals surface area contributed by atoms with Gasteiger partial charge in [-0.3, -0.25) is 9.52 Å². The zero-order valence-corrected chi connectivity index (χ0v) is 18.0. The Morgan fingerprint density at radius 2 is 1.63 bits per heavy atom. The van der Waals surface area contributed by atoms with Crippen molar-refractivity contribution >= 4 is 32.8 Å². The highest BCUT2D eigenvalue weighted by Crippen LogP contribution is 2.34. The zero-order valence-electron chi connectivity index (χ0n) is 17.2. The molecule has 0 aliphatic heterocycles. The lowest BCUT2D eigenvalue weighted by molar-refractivity contribution is 0.415. The lowest BCUT2D eigenvalue weighted by Gasteiger charge is -2.16. The second-order valence-corrected chi connectivity index (χ2v) is 8.55. The van der Waals surface area contributed by atoms with E-state index >= 15 is 0 Å². The number of pyridine rings is 1. The summed E-state index contributed by atoms with van der Waals surface area (Å²) < 4.78 is 32.5. The van der Waals surface area contributed by atoms with Crippen molar-refractivity contribution in [2.45, 2.75) is 0 Å². The molecule has 0 unspecified atom stereocenters. The van der Waals surface area contributed by atoms with Crippen LogP contribution in [-0.2, 0) is 17.1 Å². The molecule has 9 heteroatoms.